The Labute approximate surface area is 218 Å². The van der Waals surface area contributed by atoms with Gasteiger partial charge in [-0.25, -0.2) is 0 Å². The van der Waals surface area contributed by atoms with E-state index in [1.54, 1.807) is 12.5 Å². The third kappa shape index (κ3) is 3.34. The molecule has 3 unspecified atom stereocenters. The number of nitrogens with zero attached hydrogens (tertiary/aromatic N) is 1. The van der Waals surface area contributed by atoms with Crippen molar-refractivity contribution in [2.24, 2.45) is 35.0 Å². The van der Waals surface area contributed by atoms with Gasteiger partial charge in [-0.05, 0) is 98.9 Å². The number of allylic oxidation sites excluding steroid dienone is 1. The van der Waals surface area contributed by atoms with Crippen LogP contribution in [0.4, 0.5) is 0 Å². The number of amides is 1. The van der Waals surface area contributed by atoms with Crippen LogP contribution in [0.1, 0.15) is 105 Å². The highest BCUT2D eigenvalue weighted by Gasteiger charge is 2.63. The summed E-state index contributed by atoms with van der Waals surface area (Å²) in [6.07, 6.45) is 11.5. The molecular weight excluding hydrogens is 446 g/mol. The van der Waals surface area contributed by atoms with Crippen LogP contribution in [0.3, 0.4) is 0 Å². The van der Waals surface area contributed by atoms with Crippen molar-refractivity contribution in [3.05, 3.63) is 23.3 Å². The second-order valence-corrected chi connectivity index (χ2v) is 14.0. The van der Waals surface area contributed by atoms with Crippen molar-refractivity contribution in [1.29, 1.82) is 0 Å². The average molecular weight is 494 g/mol. The fourth-order valence-corrected chi connectivity index (χ4v) is 10.5. The smallest absolute Gasteiger partial charge is 0.220 e. The number of ketones is 1. The van der Waals surface area contributed by atoms with E-state index in [0.717, 1.165) is 63.3 Å². The molecule has 0 aromatic heterocycles. The summed E-state index contributed by atoms with van der Waals surface area (Å²) in [6.45, 7) is 16.7. The molecule has 36 heavy (non-hydrogen) atoms. The quantitative estimate of drug-likeness (QED) is 0.385. The van der Waals surface area contributed by atoms with Crippen LogP contribution in [-0.4, -0.2) is 40.4 Å². The Morgan fingerprint density at radius 3 is 2.69 bits per heavy atom. The van der Waals surface area contributed by atoms with Crippen LogP contribution in [0.5, 0.6) is 0 Å². The van der Waals surface area contributed by atoms with E-state index in [0.29, 0.717) is 29.0 Å². The average Bonchev–Trinajstić information content (AvgIpc) is 3.27. The second kappa shape index (κ2) is 8.29. The molecule has 2 heterocycles. The zero-order valence-corrected chi connectivity index (χ0v) is 23.3. The number of hydrogen-bond acceptors (Lipinski definition) is 3. The minimum Gasteiger partial charge on any atom is -0.361 e. The fraction of sp³-hybridized carbons (Fsp3) is 0.812. The van der Waals surface area contributed by atoms with Gasteiger partial charge in [0.2, 0.25) is 5.91 Å². The molecule has 4 aliphatic carbocycles. The molecule has 6 aliphatic rings. The van der Waals surface area contributed by atoms with Gasteiger partial charge < -0.3 is 9.64 Å². The standard InChI is InChI=1S/C32H47NO3/c1-7-31-16-19(2)18-33(22(5)34)29(31)21(4)32(36-31)13-11-25-26-9-8-23-14-24(35)10-12-30(23,6)28(26)15-27(25)20(3)17-32/h19,23,25-26,28-29H,4,7-18H2,1-3,5-6H3/t19-,23?,25-,26?,28-,29-,30-,31?,32-/m0/s1. The molecular formula is C32H47NO3. The Balaban J connectivity index is 1.33. The molecule has 6 rings (SSSR count). The number of carbonyl (C=O) groups is 2. The minimum absolute atomic E-state index is 0.00816. The molecule has 3 saturated carbocycles. The number of carbonyl (C=O) groups excluding carboxylic acids is 2. The summed E-state index contributed by atoms with van der Waals surface area (Å²) in [7, 11) is 0. The normalized spacial score (nSPS) is 48.4. The molecule has 0 radical (unpaired) electrons. The number of rotatable bonds is 1. The van der Waals surface area contributed by atoms with E-state index in [-0.39, 0.29) is 23.2 Å². The molecule has 2 saturated heterocycles. The highest BCUT2D eigenvalue weighted by molar-refractivity contribution is 5.79. The third-order valence-electron chi connectivity index (χ3n) is 12.3. The second-order valence-electron chi connectivity index (χ2n) is 14.0. The summed E-state index contributed by atoms with van der Waals surface area (Å²) in [6, 6.07) is 0.00816. The number of ether oxygens (including phenoxy) is 1. The van der Waals surface area contributed by atoms with Gasteiger partial charge in [-0.1, -0.05) is 38.5 Å². The highest BCUT2D eigenvalue weighted by atomic mass is 16.5. The number of fused-ring (bicyclic) bond motifs is 6. The SMILES string of the molecule is C=C1[C@@H]2N(C(C)=O)C[C@@H](C)CC2(CC)O[C@]12CC[C@@H]1C(=C(C)C2)C[C@H]2C1CCC1CC(=O)CC[C@@]12C. The molecule has 1 amide bonds. The maximum absolute atomic E-state index is 12.8. The Bertz CT molecular complexity index is 1030. The Morgan fingerprint density at radius 2 is 1.97 bits per heavy atom. The van der Waals surface area contributed by atoms with Crippen molar-refractivity contribution in [3.63, 3.8) is 0 Å². The van der Waals surface area contributed by atoms with E-state index in [1.807, 2.05) is 0 Å². The largest absolute Gasteiger partial charge is 0.361 e. The maximum atomic E-state index is 12.8. The van der Waals surface area contributed by atoms with Gasteiger partial charge in [-0.15, -0.1) is 0 Å². The molecule has 4 nitrogen and oxygen atoms in total. The van der Waals surface area contributed by atoms with Crippen molar-refractivity contribution in [3.8, 4) is 0 Å². The van der Waals surface area contributed by atoms with Gasteiger partial charge in [-0.3, -0.25) is 9.59 Å². The van der Waals surface area contributed by atoms with Crippen LogP contribution in [0, 0.1) is 35.0 Å². The molecule has 9 atom stereocenters. The monoisotopic (exact) mass is 493 g/mol. The lowest BCUT2D eigenvalue weighted by molar-refractivity contribution is -0.159. The summed E-state index contributed by atoms with van der Waals surface area (Å²) in [5.41, 5.74) is 4.12. The first-order valence-electron chi connectivity index (χ1n) is 14.9. The minimum atomic E-state index is -0.340. The summed E-state index contributed by atoms with van der Waals surface area (Å²) >= 11 is 0. The van der Waals surface area contributed by atoms with E-state index in [9.17, 15) is 9.59 Å². The van der Waals surface area contributed by atoms with Crippen LogP contribution < -0.4 is 0 Å². The summed E-state index contributed by atoms with van der Waals surface area (Å²) in [5.74, 6) is 3.84. The van der Waals surface area contributed by atoms with Gasteiger partial charge in [0.1, 0.15) is 5.78 Å². The molecule has 0 bridgehead atoms. The van der Waals surface area contributed by atoms with Crippen LogP contribution in [0.15, 0.2) is 23.3 Å². The Morgan fingerprint density at radius 1 is 1.19 bits per heavy atom. The van der Waals surface area contributed by atoms with Crippen molar-refractivity contribution in [2.75, 3.05) is 6.54 Å². The van der Waals surface area contributed by atoms with Gasteiger partial charge in [0.25, 0.3) is 0 Å². The molecule has 1 spiro atoms. The summed E-state index contributed by atoms with van der Waals surface area (Å²) in [5, 5.41) is 0. The van der Waals surface area contributed by atoms with Crippen molar-refractivity contribution >= 4 is 11.7 Å². The number of likely N-dealkylation sites (tertiary alicyclic amines) is 1. The lowest BCUT2D eigenvalue weighted by Gasteiger charge is -2.52. The third-order valence-corrected chi connectivity index (χ3v) is 12.3. The van der Waals surface area contributed by atoms with Crippen LogP contribution >= 0.6 is 0 Å². The Hall–Kier alpha value is -1.42. The van der Waals surface area contributed by atoms with Gasteiger partial charge in [0.05, 0.1) is 17.2 Å². The molecule has 198 valence electrons. The fourth-order valence-electron chi connectivity index (χ4n) is 10.5. The first kappa shape index (κ1) is 24.9. The van der Waals surface area contributed by atoms with E-state index in [2.05, 4.69) is 32.6 Å². The lowest BCUT2D eigenvalue weighted by Crippen LogP contribution is -2.58. The number of hydrogen-bond donors (Lipinski definition) is 0. The van der Waals surface area contributed by atoms with Crippen LogP contribution in [0.25, 0.3) is 0 Å². The first-order chi connectivity index (χ1) is 17.0. The van der Waals surface area contributed by atoms with E-state index < -0.39 is 0 Å². The van der Waals surface area contributed by atoms with E-state index >= 15 is 0 Å². The molecule has 4 heteroatoms. The molecule has 5 fully saturated rings. The maximum Gasteiger partial charge on any atom is 0.220 e. The Kier molecular flexibility index (Phi) is 5.73. The lowest BCUT2D eigenvalue weighted by atomic mass is 9.52. The summed E-state index contributed by atoms with van der Waals surface area (Å²) in [4.78, 5) is 27.1. The molecule has 0 aromatic carbocycles. The molecule has 0 aromatic rings. The van der Waals surface area contributed by atoms with Crippen molar-refractivity contribution in [2.45, 2.75) is 122 Å². The van der Waals surface area contributed by atoms with Crippen LogP contribution in [-0.2, 0) is 14.3 Å². The van der Waals surface area contributed by atoms with Crippen molar-refractivity contribution < 1.29 is 14.3 Å². The van der Waals surface area contributed by atoms with Gasteiger partial charge >= 0.3 is 0 Å². The van der Waals surface area contributed by atoms with E-state index in [1.165, 1.54) is 36.8 Å². The number of piperidine rings is 1. The summed E-state index contributed by atoms with van der Waals surface area (Å²) < 4.78 is 7.30. The first-order valence-corrected chi connectivity index (χ1v) is 14.9. The highest BCUT2D eigenvalue weighted by Crippen LogP contribution is 2.65. The number of Topliss-reactive ketones (excluding diaryl/α,β-unsaturated/α-hetero) is 1. The topological polar surface area (TPSA) is 46.6 Å². The van der Waals surface area contributed by atoms with Crippen molar-refractivity contribution in [1.82, 2.24) is 4.90 Å². The zero-order chi connectivity index (χ0) is 25.6. The van der Waals surface area contributed by atoms with Gasteiger partial charge in [0.15, 0.2) is 0 Å². The van der Waals surface area contributed by atoms with Gasteiger partial charge in [-0.2, -0.15) is 0 Å². The van der Waals surface area contributed by atoms with E-state index in [4.69, 9.17) is 11.3 Å². The van der Waals surface area contributed by atoms with Gasteiger partial charge in [0, 0.05) is 32.7 Å². The predicted molar refractivity (Wildman–Crippen MR) is 142 cm³/mol. The zero-order valence-electron chi connectivity index (χ0n) is 23.3. The molecule has 2 aliphatic heterocycles. The van der Waals surface area contributed by atoms with Crippen LogP contribution in [0.2, 0.25) is 0 Å². The predicted octanol–water partition coefficient (Wildman–Crippen LogP) is 6.64. The molecule has 0 N–H and O–H groups in total.